The van der Waals surface area contributed by atoms with E-state index < -0.39 is 0 Å². The molecule has 13 heavy (non-hydrogen) atoms. The number of rotatable bonds is 4. The Kier molecular flexibility index (Phi) is 4.13. The van der Waals surface area contributed by atoms with E-state index in [1.54, 1.807) is 11.3 Å². The van der Waals surface area contributed by atoms with Crippen LogP contribution in [0.25, 0.3) is 0 Å². The first-order valence-electron chi connectivity index (χ1n) is 4.39. The average molecular weight is 261 g/mol. The summed E-state index contributed by atoms with van der Waals surface area (Å²) < 4.78 is 1.06. The molecule has 72 valence electrons. The van der Waals surface area contributed by atoms with Crippen LogP contribution < -0.4 is 0 Å². The van der Waals surface area contributed by atoms with Gasteiger partial charge in [-0.25, -0.2) is 0 Å². The lowest BCUT2D eigenvalue weighted by Crippen LogP contribution is -2.12. The van der Waals surface area contributed by atoms with Crippen LogP contribution in [-0.2, 0) is 11.2 Å². The summed E-state index contributed by atoms with van der Waals surface area (Å²) in [6.07, 6.45) is 1.51. The molecule has 0 aromatic carbocycles. The van der Waals surface area contributed by atoms with Crippen molar-refractivity contribution in [3.63, 3.8) is 0 Å². The fourth-order valence-electron chi connectivity index (χ4n) is 1.01. The Balaban J connectivity index is 2.60. The van der Waals surface area contributed by atoms with Crippen LogP contribution in [0.15, 0.2) is 15.9 Å². The number of ketones is 1. The lowest BCUT2D eigenvalue weighted by atomic mass is 10.0. The minimum Gasteiger partial charge on any atom is -0.299 e. The van der Waals surface area contributed by atoms with Gasteiger partial charge >= 0.3 is 0 Å². The molecular weight excluding hydrogens is 248 g/mol. The van der Waals surface area contributed by atoms with Gasteiger partial charge in [-0.1, -0.05) is 13.8 Å². The van der Waals surface area contributed by atoms with Crippen molar-refractivity contribution in [1.82, 2.24) is 0 Å². The fourth-order valence-corrected chi connectivity index (χ4v) is 2.51. The van der Waals surface area contributed by atoms with Crippen LogP contribution in [0, 0.1) is 5.92 Å². The molecule has 0 aliphatic heterocycles. The van der Waals surface area contributed by atoms with E-state index in [9.17, 15) is 4.79 Å². The van der Waals surface area contributed by atoms with Gasteiger partial charge in [0, 0.05) is 21.7 Å². The van der Waals surface area contributed by atoms with Gasteiger partial charge in [0.2, 0.25) is 0 Å². The second-order valence-electron chi connectivity index (χ2n) is 3.14. The molecule has 1 rings (SSSR count). The Morgan fingerprint density at radius 3 is 2.85 bits per heavy atom. The number of hydrogen-bond donors (Lipinski definition) is 0. The molecule has 1 atom stereocenters. The Bertz CT molecular complexity index is 293. The van der Waals surface area contributed by atoms with E-state index in [4.69, 9.17) is 0 Å². The molecule has 1 aromatic rings. The van der Waals surface area contributed by atoms with Crippen molar-refractivity contribution < 1.29 is 4.79 Å². The third-order valence-corrected chi connectivity index (χ3v) is 4.11. The first-order chi connectivity index (χ1) is 6.15. The minimum absolute atomic E-state index is 0.189. The highest BCUT2D eigenvalue weighted by molar-refractivity contribution is 9.10. The van der Waals surface area contributed by atoms with Gasteiger partial charge < -0.3 is 0 Å². The van der Waals surface area contributed by atoms with E-state index in [2.05, 4.69) is 15.9 Å². The highest BCUT2D eigenvalue weighted by atomic mass is 79.9. The molecule has 1 nitrogen and oxygen atoms in total. The normalized spacial score (nSPS) is 12.8. The zero-order chi connectivity index (χ0) is 9.84. The van der Waals surface area contributed by atoms with Gasteiger partial charge in [0.25, 0.3) is 0 Å². The van der Waals surface area contributed by atoms with E-state index in [1.807, 2.05) is 25.3 Å². The molecule has 0 saturated carbocycles. The Labute approximate surface area is 91.3 Å². The average Bonchev–Trinajstić information content (AvgIpc) is 2.50. The van der Waals surface area contributed by atoms with Crippen LogP contribution >= 0.6 is 27.3 Å². The zero-order valence-electron chi connectivity index (χ0n) is 7.84. The monoisotopic (exact) mass is 260 g/mol. The van der Waals surface area contributed by atoms with Gasteiger partial charge in [0.15, 0.2) is 0 Å². The fraction of sp³-hybridized carbons (Fsp3) is 0.500. The van der Waals surface area contributed by atoms with Gasteiger partial charge in [-0.15, -0.1) is 11.3 Å². The van der Waals surface area contributed by atoms with Crippen LogP contribution in [0.3, 0.4) is 0 Å². The van der Waals surface area contributed by atoms with E-state index in [1.165, 1.54) is 0 Å². The Hall–Kier alpha value is -0.150. The molecule has 0 aliphatic carbocycles. The van der Waals surface area contributed by atoms with Crippen LogP contribution in [-0.4, -0.2) is 5.78 Å². The van der Waals surface area contributed by atoms with Crippen LogP contribution in [0.4, 0.5) is 0 Å². The molecule has 0 fully saturated rings. The van der Waals surface area contributed by atoms with Crippen molar-refractivity contribution in [2.45, 2.75) is 26.7 Å². The molecule has 0 bridgehead atoms. The number of thiophene rings is 1. The number of Topliss-reactive ketones (excluding diaryl/α,β-unsaturated/α-hetero) is 1. The predicted octanol–water partition coefficient (Wildman–Crippen LogP) is 3.67. The maximum atomic E-state index is 11.6. The second kappa shape index (κ2) is 4.91. The summed E-state index contributed by atoms with van der Waals surface area (Å²) in [5.74, 6) is 0.527. The first-order valence-corrected chi connectivity index (χ1v) is 6.07. The largest absolute Gasteiger partial charge is 0.299 e. The Morgan fingerprint density at radius 1 is 1.69 bits per heavy atom. The molecule has 1 aromatic heterocycles. The molecular formula is C10H13BrOS. The third kappa shape index (κ3) is 2.92. The van der Waals surface area contributed by atoms with Crippen molar-refractivity contribution in [2.75, 3.05) is 0 Å². The highest BCUT2D eigenvalue weighted by Gasteiger charge is 2.13. The second-order valence-corrected chi connectivity index (χ2v) is 5.00. The summed E-state index contributed by atoms with van der Waals surface area (Å²) in [6.45, 7) is 4.04. The quantitative estimate of drug-likeness (QED) is 0.808. The molecule has 0 radical (unpaired) electrons. The minimum atomic E-state index is 0.189. The molecule has 1 heterocycles. The van der Waals surface area contributed by atoms with Crippen LogP contribution in [0.1, 0.15) is 25.1 Å². The lowest BCUT2D eigenvalue weighted by Gasteiger charge is -2.05. The predicted molar refractivity (Wildman–Crippen MR) is 60.2 cm³/mol. The van der Waals surface area contributed by atoms with Crippen molar-refractivity contribution in [3.05, 3.63) is 20.8 Å². The van der Waals surface area contributed by atoms with Gasteiger partial charge in [-0.2, -0.15) is 0 Å². The molecule has 3 heteroatoms. The highest BCUT2D eigenvalue weighted by Crippen LogP contribution is 2.24. The van der Waals surface area contributed by atoms with Gasteiger partial charge in [-0.3, -0.25) is 4.79 Å². The van der Waals surface area contributed by atoms with Gasteiger partial charge in [0.05, 0.1) is 0 Å². The van der Waals surface area contributed by atoms with E-state index in [0.717, 1.165) is 15.8 Å². The number of carbonyl (C=O) groups excluding carboxylic acids is 1. The smallest absolute Gasteiger partial charge is 0.140 e. The summed E-state index contributed by atoms with van der Waals surface area (Å²) in [5, 5.41) is 2.00. The molecule has 0 saturated heterocycles. The van der Waals surface area contributed by atoms with Crippen molar-refractivity contribution in [2.24, 2.45) is 5.92 Å². The summed E-state index contributed by atoms with van der Waals surface area (Å²) in [4.78, 5) is 12.7. The molecule has 0 N–H and O–H groups in total. The van der Waals surface area contributed by atoms with E-state index in [0.29, 0.717) is 12.2 Å². The number of carbonyl (C=O) groups is 1. The van der Waals surface area contributed by atoms with Crippen molar-refractivity contribution in [1.29, 1.82) is 0 Å². The first kappa shape index (κ1) is 10.9. The number of halogens is 1. The van der Waals surface area contributed by atoms with Crippen LogP contribution in [0.5, 0.6) is 0 Å². The lowest BCUT2D eigenvalue weighted by molar-refractivity contribution is -0.121. The Morgan fingerprint density at radius 2 is 2.38 bits per heavy atom. The van der Waals surface area contributed by atoms with E-state index in [-0.39, 0.29) is 5.92 Å². The van der Waals surface area contributed by atoms with Gasteiger partial charge in [0.1, 0.15) is 5.78 Å². The molecule has 1 unspecified atom stereocenters. The van der Waals surface area contributed by atoms with Crippen molar-refractivity contribution in [3.8, 4) is 0 Å². The molecule has 0 spiro atoms. The standard InChI is InChI=1S/C10H13BrOS/c1-3-7(2)9(12)6-10-8(11)4-5-13-10/h4-5,7H,3,6H2,1-2H3. The van der Waals surface area contributed by atoms with Crippen molar-refractivity contribution >= 4 is 33.0 Å². The zero-order valence-corrected chi connectivity index (χ0v) is 10.2. The van der Waals surface area contributed by atoms with Crippen LogP contribution in [0.2, 0.25) is 0 Å². The number of hydrogen-bond acceptors (Lipinski definition) is 2. The summed E-state index contributed by atoms with van der Waals surface area (Å²) in [7, 11) is 0. The third-order valence-electron chi connectivity index (χ3n) is 2.19. The van der Waals surface area contributed by atoms with E-state index >= 15 is 0 Å². The van der Waals surface area contributed by atoms with Gasteiger partial charge in [-0.05, 0) is 33.8 Å². The maximum Gasteiger partial charge on any atom is 0.140 e. The topological polar surface area (TPSA) is 17.1 Å². The summed E-state index contributed by atoms with van der Waals surface area (Å²) in [6, 6.07) is 1.99. The SMILES string of the molecule is CCC(C)C(=O)Cc1sccc1Br. The summed E-state index contributed by atoms with van der Waals surface area (Å²) >= 11 is 5.06. The summed E-state index contributed by atoms with van der Waals surface area (Å²) in [5.41, 5.74) is 0. The molecule has 0 aliphatic rings. The maximum absolute atomic E-state index is 11.6. The molecule has 0 amide bonds.